The lowest BCUT2D eigenvalue weighted by molar-refractivity contribution is 0.154. The summed E-state index contributed by atoms with van der Waals surface area (Å²) < 4.78 is 25.4. The van der Waals surface area contributed by atoms with Gasteiger partial charge in [-0.2, -0.15) is 5.26 Å². The first-order valence-electron chi connectivity index (χ1n) is 7.74. The molecule has 0 unspecified atom stereocenters. The Balaban J connectivity index is 1.79. The van der Waals surface area contributed by atoms with Gasteiger partial charge in [0.25, 0.3) is 0 Å². The number of halogens is 1. The van der Waals surface area contributed by atoms with Gasteiger partial charge >= 0.3 is 0 Å². The second kappa shape index (κ2) is 7.23. The lowest BCUT2D eigenvalue weighted by Crippen LogP contribution is -2.34. The predicted octanol–water partition coefficient (Wildman–Crippen LogP) is 2.72. The fourth-order valence-electron chi connectivity index (χ4n) is 2.47. The summed E-state index contributed by atoms with van der Waals surface area (Å²) in [6, 6.07) is 5.89. The fourth-order valence-corrected chi connectivity index (χ4v) is 2.47. The second-order valence-electron chi connectivity index (χ2n) is 5.54. The van der Waals surface area contributed by atoms with Crippen molar-refractivity contribution in [2.24, 2.45) is 0 Å². The molecular weight excluding hydrogens is 311 g/mol. The summed E-state index contributed by atoms with van der Waals surface area (Å²) in [5.74, 6) is 0.0648. The molecule has 6 nitrogen and oxygen atoms in total. The number of aromatic nitrogens is 2. The Labute approximate surface area is 139 Å². The number of nitrogens with zero attached hydrogens (tertiary/aromatic N) is 3. The van der Waals surface area contributed by atoms with Gasteiger partial charge in [-0.15, -0.1) is 0 Å². The van der Waals surface area contributed by atoms with Crippen molar-refractivity contribution < 1.29 is 13.9 Å². The topological polar surface area (TPSA) is 80.1 Å². The summed E-state index contributed by atoms with van der Waals surface area (Å²) >= 11 is 0. The molecule has 1 aliphatic rings. The second-order valence-corrected chi connectivity index (χ2v) is 5.54. The predicted molar refractivity (Wildman–Crippen MR) is 84.5 cm³/mol. The minimum absolute atomic E-state index is 0.00335. The van der Waals surface area contributed by atoms with Gasteiger partial charge in [0.15, 0.2) is 11.6 Å². The van der Waals surface area contributed by atoms with E-state index in [4.69, 9.17) is 14.7 Å². The molecule has 0 aliphatic carbocycles. The number of rotatable bonds is 4. The van der Waals surface area contributed by atoms with Crippen LogP contribution in [-0.4, -0.2) is 29.2 Å². The van der Waals surface area contributed by atoms with E-state index in [1.807, 2.05) is 6.07 Å². The Bertz CT molecular complexity index is 770. The largest absolute Gasteiger partial charge is 0.474 e. The van der Waals surface area contributed by atoms with Crippen molar-refractivity contribution in [3.8, 4) is 23.6 Å². The summed E-state index contributed by atoms with van der Waals surface area (Å²) in [5.41, 5.74) is 0.842. The van der Waals surface area contributed by atoms with Gasteiger partial charge in [0.2, 0.25) is 11.8 Å². The number of piperidine rings is 1. The molecule has 0 amide bonds. The third kappa shape index (κ3) is 3.60. The number of nitrogens with one attached hydrogen (secondary N) is 1. The molecule has 2 heterocycles. The number of ether oxygens (including phenoxy) is 2. The molecule has 24 heavy (non-hydrogen) atoms. The summed E-state index contributed by atoms with van der Waals surface area (Å²) in [4.78, 5) is 8.21. The van der Waals surface area contributed by atoms with E-state index in [9.17, 15) is 4.39 Å². The van der Waals surface area contributed by atoms with Crippen LogP contribution < -0.4 is 14.8 Å². The Morgan fingerprint density at radius 3 is 2.71 bits per heavy atom. The molecule has 1 aliphatic heterocycles. The minimum Gasteiger partial charge on any atom is -0.474 e. The van der Waals surface area contributed by atoms with Gasteiger partial charge in [-0.3, -0.25) is 0 Å². The maximum Gasteiger partial charge on any atom is 0.229 e. The van der Waals surface area contributed by atoms with Crippen LogP contribution >= 0.6 is 0 Å². The van der Waals surface area contributed by atoms with Crippen LogP contribution in [-0.2, 0) is 0 Å². The van der Waals surface area contributed by atoms with Gasteiger partial charge in [0.1, 0.15) is 12.4 Å². The molecule has 2 aromatic rings. The van der Waals surface area contributed by atoms with Gasteiger partial charge in [-0.05, 0) is 51.1 Å². The SMILES string of the molecule is Cc1c(Oc2ccc(C#N)cc2F)ncnc1OC1CCNCC1. The molecule has 1 N–H and O–H groups in total. The third-order valence-electron chi connectivity index (χ3n) is 3.82. The van der Waals surface area contributed by atoms with Gasteiger partial charge in [-0.25, -0.2) is 14.4 Å². The first-order chi connectivity index (χ1) is 11.7. The smallest absolute Gasteiger partial charge is 0.229 e. The number of nitriles is 1. The standard InChI is InChI=1S/C17H17FN4O2/c1-11-16(23-13-4-6-20-7-5-13)21-10-22-17(11)24-15-3-2-12(9-19)8-14(15)18/h2-3,8,10,13,20H,4-7H2,1H3. The summed E-state index contributed by atoms with van der Waals surface area (Å²) in [6.45, 7) is 3.59. The molecule has 3 rings (SSSR count). The van der Waals surface area contributed by atoms with E-state index in [0.29, 0.717) is 11.4 Å². The Kier molecular flexibility index (Phi) is 4.87. The quantitative estimate of drug-likeness (QED) is 0.929. The van der Waals surface area contributed by atoms with E-state index in [0.717, 1.165) is 32.0 Å². The van der Waals surface area contributed by atoms with Crippen molar-refractivity contribution in [2.45, 2.75) is 25.9 Å². The Morgan fingerprint density at radius 2 is 2.00 bits per heavy atom. The molecular formula is C17H17FN4O2. The van der Waals surface area contributed by atoms with E-state index < -0.39 is 5.82 Å². The highest BCUT2D eigenvalue weighted by molar-refractivity contribution is 5.40. The molecule has 124 valence electrons. The fraction of sp³-hybridized carbons (Fsp3) is 0.353. The summed E-state index contributed by atoms with van der Waals surface area (Å²) in [5, 5.41) is 12.1. The van der Waals surface area contributed by atoms with E-state index in [-0.39, 0.29) is 23.3 Å². The van der Waals surface area contributed by atoms with Crippen molar-refractivity contribution >= 4 is 0 Å². The zero-order chi connectivity index (χ0) is 16.9. The van der Waals surface area contributed by atoms with Gasteiger partial charge < -0.3 is 14.8 Å². The average Bonchev–Trinajstić information content (AvgIpc) is 2.61. The van der Waals surface area contributed by atoms with Crippen LogP contribution in [0.1, 0.15) is 24.0 Å². The number of hydrogen-bond donors (Lipinski definition) is 1. The maximum absolute atomic E-state index is 14.0. The molecule has 0 atom stereocenters. The van der Waals surface area contributed by atoms with Gasteiger partial charge in [0, 0.05) is 0 Å². The maximum atomic E-state index is 14.0. The normalized spacial score (nSPS) is 14.9. The molecule has 0 bridgehead atoms. The highest BCUT2D eigenvalue weighted by Gasteiger charge is 2.19. The summed E-state index contributed by atoms with van der Waals surface area (Å²) in [6.07, 6.45) is 3.24. The number of benzene rings is 1. The first-order valence-corrected chi connectivity index (χ1v) is 7.74. The molecule has 1 aromatic heterocycles. The molecule has 1 fully saturated rings. The van der Waals surface area contributed by atoms with Crippen LogP contribution in [0.4, 0.5) is 4.39 Å². The zero-order valence-corrected chi connectivity index (χ0v) is 13.3. The zero-order valence-electron chi connectivity index (χ0n) is 13.3. The number of hydrogen-bond acceptors (Lipinski definition) is 6. The Hall–Kier alpha value is -2.72. The minimum atomic E-state index is -0.618. The van der Waals surface area contributed by atoms with E-state index in [1.54, 1.807) is 6.92 Å². The van der Waals surface area contributed by atoms with Crippen LogP contribution in [0.2, 0.25) is 0 Å². The molecule has 0 saturated carbocycles. The van der Waals surface area contributed by atoms with Crippen molar-refractivity contribution in [3.05, 3.63) is 41.5 Å². The van der Waals surface area contributed by atoms with E-state index in [1.165, 1.54) is 18.5 Å². The molecule has 0 radical (unpaired) electrons. The molecule has 1 saturated heterocycles. The van der Waals surface area contributed by atoms with E-state index in [2.05, 4.69) is 15.3 Å². The van der Waals surface area contributed by atoms with Crippen molar-refractivity contribution in [3.63, 3.8) is 0 Å². The van der Waals surface area contributed by atoms with Crippen molar-refractivity contribution in [2.75, 3.05) is 13.1 Å². The van der Waals surface area contributed by atoms with Gasteiger partial charge in [-0.1, -0.05) is 0 Å². The van der Waals surface area contributed by atoms with Crippen LogP contribution in [0.5, 0.6) is 17.5 Å². The lowest BCUT2D eigenvalue weighted by Gasteiger charge is -2.24. The third-order valence-corrected chi connectivity index (χ3v) is 3.82. The Morgan fingerprint density at radius 1 is 1.25 bits per heavy atom. The van der Waals surface area contributed by atoms with Crippen LogP contribution in [0, 0.1) is 24.1 Å². The lowest BCUT2D eigenvalue weighted by atomic mass is 10.1. The van der Waals surface area contributed by atoms with Gasteiger partial charge in [0.05, 0.1) is 17.2 Å². The van der Waals surface area contributed by atoms with Crippen LogP contribution in [0.15, 0.2) is 24.5 Å². The van der Waals surface area contributed by atoms with Crippen molar-refractivity contribution in [1.82, 2.24) is 15.3 Å². The molecule has 1 aromatic carbocycles. The van der Waals surface area contributed by atoms with E-state index >= 15 is 0 Å². The highest BCUT2D eigenvalue weighted by Crippen LogP contribution is 2.30. The first kappa shape index (κ1) is 16.1. The summed E-state index contributed by atoms with van der Waals surface area (Å²) in [7, 11) is 0. The monoisotopic (exact) mass is 328 g/mol. The van der Waals surface area contributed by atoms with Crippen molar-refractivity contribution in [1.29, 1.82) is 5.26 Å². The van der Waals surface area contributed by atoms with Crippen LogP contribution in [0.25, 0.3) is 0 Å². The highest BCUT2D eigenvalue weighted by atomic mass is 19.1. The molecule has 0 spiro atoms. The average molecular weight is 328 g/mol. The van der Waals surface area contributed by atoms with Crippen LogP contribution in [0.3, 0.4) is 0 Å². The molecule has 7 heteroatoms.